The summed E-state index contributed by atoms with van der Waals surface area (Å²) in [4.78, 5) is 4.48. The third-order valence-electron chi connectivity index (χ3n) is 2.41. The van der Waals surface area contributed by atoms with E-state index in [0.717, 1.165) is 11.6 Å². The zero-order chi connectivity index (χ0) is 11.5. The summed E-state index contributed by atoms with van der Waals surface area (Å²) in [6.07, 6.45) is 1.19. The molecule has 0 fully saturated rings. The van der Waals surface area contributed by atoms with Gasteiger partial charge in [0.05, 0.1) is 10.7 Å². The first kappa shape index (κ1) is 12.7. The molecule has 1 atom stereocenters. The van der Waals surface area contributed by atoms with E-state index in [1.165, 1.54) is 12.1 Å². The molecule has 0 saturated carbocycles. The molecule has 0 amide bonds. The third-order valence-corrected chi connectivity index (χ3v) is 3.20. The number of thiazole rings is 1. The Morgan fingerprint density at radius 2 is 2.13 bits per heavy atom. The maximum atomic E-state index is 4.48. The van der Waals surface area contributed by atoms with Gasteiger partial charge in [0.15, 0.2) is 0 Å². The lowest BCUT2D eigenvalue weighted by Crippen LogP contribution is -2.23. The SMILES string of the molecule is Cc1nc(C(C)NCCC(C)(C)C)cs1. The maximum Gasteiger partial charge on any atom is 0.0898 e. The van der Waals surface area contributed by atoms with Crippen molar-refractivity contribution < 1.29 is 0 Å². The Balaban J connectivity index is 2.34. The van der Waals surface area contributed by atoms with Crippen LogP contribution in [0.25, 0.3) is 0 Å². The average Bonchev–Trinajstić information content (AvgIpc) is 2.49. The van der Waals surface area contributed by atoms with E-state index in [2.05, 4.69) is 50.3 Å². The molecule has 15 heavy (non-hydrogen) atoms. The number of rotatable bonds is 4. The summed E-state index contributed by atoms with van der Waals surface area (Å²) in [6, 6.07) is 0.372. The second-order valence-corrected chi connectivity index (χ2v) is 6.34. The van der Waals surface area contributed by atoms with E-state index in [-0.39, 0.29) is 0 Å². The Morgan fingerprint density at radius 3 is 2.60 bits per heavy atom. The monoisotopic (exact) mass is 226 g/mol. The number of hydrogen-bond donors (Lipinski definition) is 1. The fraction of sp³-hybridized carbons (Fsp3) is 0.750. The molecule has 1 unspecified atom stereocenters. The number of nitrogens with one attached hydrogen (secondary N) is 1. The number of aryl methyl sites for hydroxylation is 1. The first-order valence-electron chi connectivity index (χ1n) is 5.54. The van der Waals surface area contributed by atoms with E-state index in [9.17, 15) is 0 Å². The Labute approximate surface area is 97.1 Å². The van der Waals surface area contributed by atoms with Gasteiger partial charge in [-0.25, -0.2) is 4.98 Å². The summed E-state index contributed by atoms with van der Waals surface area (Å²) in [7, 11) is 0. The molecule has 0 aliphatic carbocycles. The van der Waals surface area contributed by atoms with Crippen LogP contribution in [0.5, 0.6) is 0 Å². The molecule has 1 heterocycles. The predicted molar refractivity (Wildman–Crippen MR) is 67.3 cm³/mol. The molecule has 0 aromatic carbocycles. The van der Waals surface area contributed by atoms with Crippen LogP contribution < -0.4 is 5.32 Å². The Bertz CT molecular complexity index is 299. The minimum Gasteiger partial charge on any atom is -0.309 e. The molecule has 0 bridgehead atoms. The van der Waals surface area contributed by atoms with E-state index in [0.29, 0.717) is 11.5 Å². The van der Waals surface area contributed by atoms with E-state index in [1.807, 2.05) is 0 Å². The van der Waals surface area contributed by atoms with E-state index < -0.39 is 0 Å². The van der Waals surface area contributed by atoms with Crippen LogP contribution in [0.3, 0.4) is 0 Å². The zero-order valence-electron chi connectivity index (χ0n) is 10.4. The lowest BCUT2D eigenvalue weighted by molar-refractivity contribution is 0.357. The first-order chi connectivity index (χ1) is 6.88. The first-order valence-corrected chi connectivity index (χ1v) is 6.42. The Hall–Kier alpha value is -0.410. The number of nitrogens with zero attached hydrogens (tertiary/aromatic N) is 1. The van der Waals surface area contributed by atoms with Crippen molar-refractivity contribution in [3.05, 3.63) is 16.1 Å². The van der Waals surface area contributed by atoms with Gasteiger partial charge in [-0.1, -0.05) is 20.8 Å². The predicted octanol–water partition coefficient (Wildman–Crippen LogP) is 3.54. The molecule has 3 heteroatoms. The van der Waals surface area contributed by atoms with Crippen LogP contribution in [-0.2, 0) is 0 Å². The highest BCUT2D eigenvalue weighted by Gasteiger charge is 2.12. The molecule has 2 nitrogen and oxygen atoms in total. The fourth-order valence-corrected chi connectivity index (χ4v) is 2.05. The Kier molecular flexibility index (Phi) is 4.29. The molecule has 1 aromatic heterocycles. The van der Waals surface area contributed by atoms with Crippen molar-refractivity contribution in [2.75, 3.05) is 6.54 Å². The standard InChI is InChI=1S/C12H22N2S/c1-9(11-8-15-10(2)14-11)13-7-6-12(3,4)5/h8-9,13H,6-7H2,1-5H3. The fourth-order valence-electron chi connectivity index (χ4n) is 1.35. The van der Waals surface area contributed by atoms with E-state index in [4.69, 9.17) is 0 Å². The van der Waals surface area contributed by atoms with Crippen molar-refractivity contribution in [1.29, 1.82) is 0 Å². The van der Waals surface area contributed by atoms with Crippen molar-refractivity contribution in [2.45, 2.75) is 47.1 Å². The molecule has 86 valence electrons. The highest BCUT2D eigenvalue weighted by Crippen LogP contribution is 2.19. The smallest absolute Gasteiger partial charge is 0.0898 e. The normalized spacial score (nSPS) is 14.2. The summed E-state index contributed by atoms with van der Waals surface area (Å²) >= 11 is 1.72. The largest absolute Gasteiger partial charge is 0.309 e. The van der Waals surface area contributed by atoms with Gasteiger partial charge in [0, 0.05) is 11.4 Å². The molecular weight excluding hydrogens is 204 g/mol. The topological polar surface area (TPSA) is 24.9 Å². The molecule has 1 N–H and O–H groups in total. The third kappa shape index (κ3) is 4.76. The maximum absolute atomic E-state index is 4.48. The van der Waals surface area contributed by atoms with Gasteiger partial charge in [-0.2, -0.15) is 0 Å². The minimum atomic E-state index is 0.372. The van der Waals surface area contributed by atoms with Crippen LogP contribution in [0.2, 0.25) is 0 Å². The van der Waals surface area contributed by atoms with Crippen molar-refractivity contribution in [2.24, 2.45) is 5.41 Å². The van der Waals surface area contributed by atoms with Gasteiger partial charge < -0.3 is 5.32 Å². The van der Waals surface area contributed by atoms with Crippen LogP contribution in [0.15, 0.2) is 5.38 Å². The zero-order valence-corrected chi connectivity index (χ0v) is 11.2. The van der Waals surface area contributed by atoms with Gasteiger partial charge in [0.25, 0.3) is 0 Å². The van der Waals surface area contributed by atoms with Crippen molar-refractivity contribution >= 4 is 11.3 Å². The minimum absolute atomic E-state index is 0.372. The van der Waals surface area contributed by atoms with E-state index >= 15 is 0 Å². The highest BCUT2D eigenvalue weighted by atomic mass is 32.1. The second-order valence-electron chi connectivity index (χ2n) is 5.28. The summed E-state index contributed by atoms with van der Waals surface area (Å²) in [5.41, 5.74) is 1.58. The highest BCUT2D eigenvalue weighted by molar-refractivity contribution is 7.09. The van der Waals surface area contributed by atoms with Crippen LogP contribution in [-0.4, -0.2) is 11.5 Å². The van der Waals surface area contributed by atoms with Gasteiger partial charge in [0.2, 0.25) is 0 Å². The lowest BCUT2D eigenvalue weighted by Gasteiger charge is -2.20. The van der Waals surface area contributed by atoms with Crippen LogP contribution in [0, 0.1) is 12.3 Å². The molecule has 0 aliphatic rings. The molecule has 0 radical (unpaired) electrons. The number of hydrogen-bond acceptors (Lipinski definition) is 3. The molecule has 0 aliphatic heterocycles. The quantitative estimate of drug-likeness (QED) is 0.849. The van der Waals surface area contributed by atoms with Gasteiger partial charge in [-0.15, -0.1) is 11.3 Å². The van der Waals surface area contributed by atoms with Crippen LogP contribution >= 0.6 is 11.3 Å². The molecule has 0 spiro atoms. The van der Waals surface area contributed by atoms with Crippen LogP contribution in [0.1, 0.15) is 50.9 Å². The summed E-state index contributed by atoms with van der Waals surface area (Å²) in [5, 5.41) is 6.80. The van der Waals surface area contributed by atoms with E-state index in [1.54, 1.807) is 11.3 Å². The van der Waals surface area contributed by atoms with Gasteiger partial charge in [-0.3, -0.25) is 0 Å². The van der Waals surface area contributed by atoms with Crippen molar-refractivity contribution in [3.63, 3.8) is 0 Å². The van der Waals surface area contributed by atoms with Gasteiger partial charge in [-0.05, 0) is 32.2 Å². The summed E-state index contributed by atoms with van der Waals surface area (Å²) in [5.74, 6) is 0. The molecule has 0 saturated heterocycles. The lowest BCUT2D eigenvalue weighted by atomic mass is 9.92. The van der Waals surface area contributed by atoms with Crippen molar-refractivity contribution in [1.82, 2.24) is 10.3 Å². The molecule has 1 rings (SSSR count). The number of aromatic nitrogens is 1. The Morgan fingerprint density at radius 1 is 1.47 bits per heavy atom. The summed E-state index contributed by atoms with van der Waals surface area (Å²) < 4.78 is 0. The second kappa shape index (κ2) is 5.08. The van der Waals surface area contributed by atoms with Crippen LogP contribution in [0.4, 0.5) is 0 Å². The average molecular weight is 226 g/mol. The van der Waals surface area contributed by atoms with Gasteiger partial charge in [0.1, 0.15) is 0 Å². The molecule has 1 aromatic rings. The summed E-state index contributed by atoms with van der Waals surface area (Å²) in [6.45, 7) is 12.1. The van der Waals surface area contributed by atoms with Crippen molar-refractivity contribution in [3.8, 4) is 0 Å². The van der Waals surface area contributed by atoms with Gasteiger partial charge >= 0.3 is 0 Å². The molecular formula is C12H22N2S.